The molecule has 192 valence electrons. The zero-order valence-electron chi connectivity index (χ0n) is 21.5. The number of thiazole rings is 1. The van der Waals surface area contributed by atoms with Crippen molar-refractivity contribution < 1.29 is 9.72 Å². The fourth-order valence-electron chi connectivity index (χ4n) is 6.91. The molecule has 2 bridgehead atoms. The van der Waals surface area contributed by atoms with Gasteiger partial charge >= 0.3 is 0 Å². The van der Waals surface area contributed by atoms with E-state index in [1.54, 1.807) is 0 Å². The van der Waals surface area contributed by atoms with E-state index in [4.69, 9.17) is 4.98 Å². The monoisotopic (exact) mass is 531 g/mol. The number of hydrogen-bond donors (Lipinski definition) is 1. The van der Waals surface area contributed by atoms with Crippen molar-refractivity contribution in [1.29, 1.82) is 0 Å². The fraction of sp³-hybridized carbons (Fsp3) is 0.188. The number of rotatable bonds is 4. The summed E-state index contributed by atoms with van der Waals surface area (Å²) in [6, 6.07) is 27.4. The highest BCUT2D eigenvalue weighted by molar-refractivity contribution is 7.14. The number of hydrogen-bond acceptors (Lipinski definition) is 5. The highest BCUT2D eigenvalue weighted by Crippen LogP contribution is 2.64. The van der Waals surface area contributed by atoms with Crippen LogP contribution in [-0.4, -0.2) is 15.8 Å². The number of carbonyl (C=O) groups is 1. The molecule has 4 aromatic carbocycles. The van der Waals surface area contributed by atoms with Crippen molar-refractivity contribution in [3.8, 4) is 11.3 Å². The van der Waals surface area contributed by atoms with Crippen LogP contribution in [0, 0.1) is 22.5 Å². The summed E-state index contributed by atoms with van der Waals surface area (Å²) in [6.45, 7) is 3.95. The summed E-state index contributed by atoms with van der Waals surface area (Å²) in [5.74, 6) is -0.551. The molecule has 3 aliphatic carbocycles. The minimum atomic E-state index is -1.48. The number of nitrogens with zero attached hydrogens (tertiary/aromatic N) is 2. The second-order valence-electron chi connectivity index (χ2n) is 10.8. The van der Waals surface area contributed by atoms with E-state index in [0.717, 1.165) is 27.8 Å². The molecule has 0 saturated heterocycles. The summed E-state index contributed by atoms with van der Waals surface area (Å²) in [5, 5.41) is 20.6. The smallest absolute Gasteiger partial charge is 0.273 e. The number of fused-ring (bicyclic) bond motifs is 2. The number of anilines is 1. The van der Waals surface area contributed by atoms with Crippen LogP contribution in [0.25, 0.3) is 22.0 Å². The first-order valence-corrected chi connectivity index (χ1v) is 13.8. The number of aryl methyl sites for hydroxylation is 1. The molecule has 7 heteroatoms. The molecule has 1 amide bonds. The van der Waals surface area contributed by atoms with Crippen molar-refractivity contribution >= 4 is 33.1 Å². The standard InChI is InChI=1S/C32H25N3O3S/c1-19-15-16-22(21-10-4-3-9-20(19)21)27-17-39-30(33-27)34-29(36)31(2)18-32(35(37)38)25-13-7-5-11-23(25)28(31)24-12-6-8-14-26(24)32/h3-17,28H,18H2,1-2H3,(H,33,34,36). The molecule has 8 rings (SSSR count). The van der Waals surface area contributed by atoms with Gasteiger partial charge in [0, 0.05) is 39.3 Å². The molecule has 0 radical (unpaired) electrons. The van der Waals surface area contributed by atoms with Crippen molar-refractivity contribution in [2.45, 2.75) is 31.7 Å². The van der Waals surface area contributed by atoms with E-state index >= 15 is 0 Å². The van der Waals surface area contributed by atoms with Crippen molar-refractivity contribution in [1.82, 2.24) is 4.98 Å². The molecule has 0 spiro atoms. The lowest BCUT2D eigenvalue weighted by Gasteiger charge is -2.52. The quantitative estimate of drug-likeness (QED) is 0.195. The largest absolute Gasteiger partial charge is 0.301 e. The molecule has 0 fully saturated rings. The van der Waals surface area contributed by atoms with Crippen LogP contribution in [0.2, 0.25) is 0 Å². The lowest BCUT2D eigenvalue weighted by atomic mass is 9.49. The molecule has 1 unspecified atom stereocenters. The maximum Gasteiger partial charge on any atom is 0.273 e. The molecule has 5 aromatic rings. The molecule has 0 aliphatic heterocycles. The molecule has 6 nitrogen and oxygen atoms in total. The summed E-state index contributed by atoms with van der Waals surface area (Å²) in [7, 11) is 0. The Kier molecular flexibility index (Phi) is 5.06. The average Bonchev–Trinajstić information content (AvgIpc) is 3.41. The van der Waals surface area contributed by atoms with Gasteiger partial charge in [0.05, 0.1) is 11.1 Å². The predicted molar refractivity (Wildman–Crippen MR) is 154 cm³/mol. The van der Waals surface area contributed by atoms with E-state index in [9.17, 15) is 14.9 Å². The first kappa shape index (κ1) is 23.7. The van der Waals surface area contributed by atoms with Gasteiger partial charge in [-0.1, -0.05) is 84.9 Å². The van der Waals surface area contributed by atoms with Gasteiger partial charge in [-0.2, -0.15) is 0 Å². The van der Waals surface area contributed by atoms with Gasteiger partial charge in [0.1, 0.15) is 0 Å². The topological polar surface area (TPSA) is 85.1 Å². The molecule has 1 heterocycles. The highest BCUT2D eigenvalue weighted by atomic mass is 32.1. The van der Waals surface area contributed by atoms with Gasteiger partial charge in [0.25, 0.3) is 5.54 Å². The molecule has 0 saturated carbocycles. The average molecular weight is 532 g/mol. The van der Waals surface area contributed by atoms with Crippen molar-refractivity contribution in [3.63, 3.8) is 0 Å². The van der Waals surface area contributed by atoms with E-state index in [1.165, 1.54) is 22.3 Å². The third-order valence-corrected chi connectivity index (χ3v) is 9.43. The van der Waals surface area contributed by atoms with Crippen LogP contribution < -0.4 is 5.32 Å². The maximum absolute atomic E-state index is 14.1. The minimum Gasteiger partial charge on any atom is -0.301 e. The summed E-state index contributed by atoms with van der Waals surface area (Å²) >= 11 is 1.37. The number of benzene rings is 4. The first-order chi connectivity index (χ1) is 18.8. The third kappa shape index (κ3) is 3.20. The van der Waals surface area contributed by atoms with Crippen molar-refractivity contribution in [2.24, 2.45) is 5.41 Å². The van der Waals surface area contributed by atoms with Crippen LogP contribution in [0.1, 0.15) is 47.1 Å². The number of nitrogens with one attached hydrogen (secondary N) is 1. The summed E-state index contributed by atoms with van der Waals surface area (Å²) < 4.78 is 0. The van der Waals surface area contributed by atoms with Gasteiger partial charge < -0.3 is 5.32 Å². The molecule has 39 heavy (non-hydrogen) atoms. The molecule has 3 aliphatic rings. The molecular weight excluding hydrogens is 506 g/mol. The Balaban J connectivity index is 1.29. The second-order valence-corrected chi connectivity index (χ2v) is 11.6. The van der Waals surface area contributed by atoms with Crippen LogP contribution in [0.3, 0.4) is 0 Å². The molecular formula is C32H25N3O3S. The normalized spacial score (nSPS) is 22.8. The first-order valence-electron chi connectivity index (χ1n) is 12.9. The van der Waals surface area contributed by atoms with Gasteiger partial charge in [0.2, 0.25) is 5.91 Å². The predicted octanol–water partition coefficient (Wildman–Crippen LogP) is 7.29. The second kappa shape index (κ2) is 8.32. The van der Waals surface area contributed by atoms with Crippen molar-refractivity contribution in [3.05, 3.63) is 128 Å². The summed E-state index contributed by atoms with van der Waals surface area (Å²) in [5.41, 5.74) is 3.54. The van der Waals surface area contributed by atoms with Gasteiger partial charge in [-0.15, -0.1) is 11.3 Å². The Morgan fingerprint density at radius 2 is 1.56 bits per heavy atom. The van der Waals surface area contributed by atoms with E-state index in [0.29, 0.717) is 16.3 Å². The third-order valence-electron chi connectivity index (χ3n) is 8.67. The fourth-order valence-corrected chi connectivity index (χ4v) is 7.62. The van der Waals surface area contributed by atoms with E-state index in [-0.39, 0.29) is 23.2 Å². The zero-order valence-corrected chi connectivity index (χ0v) is 22.3. The SMILES string of the molecule is Cc1ccc(-c2csc(NC(=O)C3(C)CC4([N+](=O)[O-])c5ccccc5C3c3ccccc34)n2)c2ccccc12. The van der Waals surface area contributed by atoms with Gasteiger partial charge in [-0.3, -0.25) is 14.9 Å². The lowest BCUT2D eigenvalue weighted by Crippen LogP contribution is -2.57. The van der Waals surface area contributed by atoms with E-state index in [2.05, 4.69) is 36.5 Å². The highest BCUT2D eigenvalue weighted by Gasteiger charge is 2.67. The minimum absolute atomic E-state index is 0.0817. The van der Waals surface area contributed by atoms with Crippen LogP contribution in [0.4, 0.5) is 5.13 Å². The van der Waals surface area contributed by atoms with E-state index in [1.807, 2.05) is 73.0 Å². The zero-order chi connectivity index (χ0) is 26.9. The van der Waals surface area contributed by atoms with Gasteiger partial charge in [-0.05, 0) is 41.3 Å². The molecule has 1 N–H and O–H groups in total. The van der Waals surface area contributed by atoms with Crippen LogP contribution in [-0.2, 0) is 10.3 Å². The molecule has 1 aromatic heterocycles. The Labute approximate surface area is 229 Å². The summed E-state index contributed by atoms with van der Waals surface area (Å²) in [4.78, 5) is 31.6. The van der Waals surface area contributed by atoms with Crippen LogP contribution in [0.15, 0.2) is 90.3 Å². The lowest BCUT2D eigenvalue weighted by molar-refractivity contribution is -0.573. The van der Waals surface area contributed by atoms with Gasteiger partial charge in [0.15, 0.2) is 5.13 Å². The number of carbonyl (C=O) groups excluding carboxylic acids is 1. The van der Waals surface area contributed by atoms with Gasteiger partial charge in [-0.25, -0.2) is 4.98 Å². The number of nitro groups is 1. The Hall–Kier alpha value is -4.36. The Morgan fingerprint density at radius 3 is 2.23 bits per heavy atom. The maximum atomic E-state index is 14.1. The Bertz CT molecular complexity index is 1780. The van der Waals surface area contributed by atoms with Crippen LogP contribution >= 0.6 is 11.3 Å². The Morgan fingerprint density at radius 1 is 0.949 bits per heavy atom. The van der Waals surface area contributed by atoms with Crippen molar-refractivity contribution in [2.75, 3.05) is 5.32 Å². The number of amides is 1. The van der Waals surface area contributed by atoms with E-state index < -0.39 is 11.0 Å². The summed E-state index contributed by atoms with van der Waals surface area (Å²) in [6.07, 6.45) is 0.0817. The number of aromatic nitrogens is 1. The van der Waals surface area contributed by atoms with Crippen LogP contribution in [0.5, 0.6) is 0 Å². The molecule has 1 atom stereocenters.